The first kappa shape index (κ1) is 15.5. The van der Waals surface area contributed by atoms with E-state index in [-0.39, 0.29) is 25.7 Å². The van der Waals surface area contributed by atoms with Crippen LogP contribution in [-0.2, 0) is 4.79 Å². The molecule has 0 aliphatic heterocycles. The van der Waals surface area contributed by atoms with Crippen LogP contribution < -0.4 is 15.8 Å². The Hall–Kier alpha value is -1.91. The van der Waals surface area contributed by atoms with Crippen LogP contribution in [0, 0.1) is 0 Å². The van der Waals surface area contributed by atoms with Gasteiger partial charge in [0.15, 0.2) is 0 Å². The van der Waals surface area contributed by atoms with E-state index >= 15 is 0 Å². The normalized spacial score (nSPS) is 12.0. The molecular formula is C15H15NO4Se. The number of rotatable bonds is 6. The predicted octanol–water partition coefficient (Wildman–Crippen LogP) is 0.699. The molecule has 0 aliphatic carbocycles. The first-order chi connectivity index (χ1) is 10.1. The number of benzene rings is 1. The van der Waals surface area contributed by atoms with Gasteiger partial charge >= 0.3 is 127 Å². The molecule has 5 nitrogen and oxygen atoms in total. The number of aromatic nitrogens is 1. The molecule has 2 aromatic rings. The van der Waals surface area contributed by atoms with Gasteiger partial charge in [-0.15, -0.1) is 0 Å². The fourth-order valence-electron chi connectivity index (χ4n) is 1.84. The topological polar surface area (TPSA) is 69.3 Å². The van der Waals surface area contributed by atoms with Crippen LogP contribution in [-0.4, -0.2) is 24.2 Å². The van der Waals surface area contributed by atoms with Crippen LogP contribution in [0.5, 0.6) is 0 Å². The molecule has 0 aliphatic rings. The molecule has 0 fully saturated rings. The molecule has 2 rings (SSSR count). The summed E-state index contributed by atoms with van der Waals surface area (Å²) in [6.07, 6.45) is 2.36. The van der Waals surface area contributed by atoms with Crippen molar-refractivity contribution in [1.82, 2.24) is 4.57 Å². The van der Waals surface area contributed by atoms with E-state index < -0.39 is 11.4 Å². The van der Waals surface area contributed by atoms with E-state index in [0.717, 1.165) is 4.46 Å². The monoisotopic (exact) mass is 353 g/mol. The summed E-state index contributed by atoms with van der Waals surface area (Å²) in [5, 5.41) is 0. The van der Waals surface area contributed by atoms with E-state index in [1.54, 1.807) is 0 Å². The summed E-state index contributed by atoms with van der Waals surface area (Å²) >= 11 is -0.199. The maximum atomic E-state index is 12.0. The Morgan fingerprint density at radius 3 is 2.62 bits per heavy atom. The van der Waals surface area contributed by atoms with Gasteiger partial charge < -0.3 is 0 Å². The summed E-state index contributed by atoms with van der Waals surface area (Å²) in [6.45, 7) is 1.82. The second kappa shape index (κ2) is 7.20. The Labute approximate surface area is 127 Å². The summed E-state index contributed by atoms with van der Waals surface area (Å²) in [5.74, 6) is -0.684. The number of carbonyl (C=O) groups is 1. The number of carbonyl (C=O) groups excluding carboxylic acids is 1. The van der Waals surface area contributed by atoms with Gasteiger partial charge in [0.05, 0.1) is 0 Å². The standard InChI is InChI=1S/C15H15NO4Se/c1-11(16-10-9-13(17)20-15(16)19)7-8-14(18)21-12-5-3-2-4-6-12/h2-6,9-11H,7-8H2,1H3. The van der Waals surface area contributed by atoms with Crippen molar-refractivity contribution in [2.75, 3.05) is 0 Å². The van der Waals surface area contributed by atoms with E-state index in [1.165, 1.54) is 16.8 Å². The average Bonchev–Trinajstić information content (AvgIpc) is 2.46. The van der Waals surface area contributed by atoms with Crippen LogP contribution in [0.25, 0.3) is 0 Å². The number of hydrogen-bond donors (Lipinski definition) is 0. The first-order valence-electron chi connectivity index (χ1n) is 6.54. The Balaban J connectivity index is 1.92. The molecule has 0 N–H and O–H groups in total. The van der Waals surface area contributed by atoms with Gasteiger partial charge in [0.1, 0.15) is 0 Å². The Morgan fingerprint density at radius 1 is 1.24 bits per heavy atom. The minimum absolute atomic E-state index is 0.183. The van der Waals surface area contributed by atoms with Gasteiger partial charge in [-0.1, -0.05) is 0 Å². The zero-order valence-electron chi connectivity index (χ0n) is 11.5. The van der Waals surface area contributed by atoms with Crippen LogP contribution in [0.3, 0.4) is 0 Å². The van der Waals surface area contributed by atoms with E-state index in [4.69, 9.17) is 0 Å². The van der Waals surface area contributed by atoms with Crippen LogP contribution >= 0.6 is 0 Å². The van der Waals surface area contributed by atoms with Crippen molar-refractivity contribution in [3.63, 3.8) is 0 Å². The van der Waals surface area contributed by atoms with Crippen LogP contribution in [0.1, 0.15) is 25.8 Å². The molecule has 6 heteroatoms. The van der Waals surface area contributed by atoms with Crippen molar-refractivity contribution in [3.8, 4) is 0 Å². The molecule has 1 aromatic heterocycles. The zero-order chi connectivity index (χ0) is 15.2. The summed E-state index contributed by atoms with van der Waals surface area (Å²) in [4.78, 5) is 34.4. The van der Waals surface area contributed by atoms with E-state index in [0.29, 0.717) is 12.8 Å². The van der Waals surface area contributed by atoms with Gasteiger partial charge in [-0.25, -0.2) is 0 Å². The Kier molecular flexibility index (Phi) is 5.31. The molecule has 0 bridgehead atoms. The van der Waals surface area contributed by atoms with Crippen LogP contribution in [0.15, 0.2) is 56.6 Å². The second-order valence-electron chi connectivity index (χ2n) is 4.58. The molecular weight excluding hydrogens is 337 g/mol. The number of hydrogen-bond acceptors (Lipinski definition) is 4. The Morgan fingerprint density at radius 2 is 1.95 bits per heavy atom. The van der Waals surface area contributed by atoms with Crippen molar-refractivity contribution in [2.24, 2.45) is 0 Å². The summed E-state index contributed by atoms with van der Waals surface area (Å²) in [7, 11) is 0. The molecule has 0 radical (unpaired) electrons. The molecule has 1 heterocycles. The minimum atomic E-state index is -0.684. The molecule has 0 saturated heterocycles. The van der Waals surface area contributed by atoms with Crippen molar-refractivity contribution in [3.05, 3.63) is 63.6 Å². The molecule has 0 saturated carbocycles. The molecule has 110 valence electrons. The fraction of sp³-hybridized carbons (Fsp3) is 0.267. The SMILES string of the molecule is CC(CCC(=O)[Se]c1ccccc1)n1ccc(=O)oc1=O. The maximum absolute atomic E-state index is 12.0. The molecule has 1 atom stereocenters. The zero-order valence-corrected chi connectivity index (χ0v) is 13.2. The first-order valence-corrected chi connectivity index (χ1v) is 8.25. The van der Waals surface area contributed by atoms with Gasteiger partial charge in [0.2, 0.25) is 0 Å². The van der Waals surface area contributed by atoms with Crippen molar-refractivity contribution < 1.29 is 9.21 Å². The van der Waals surface area contributed by atoms with Gasteiger partial charge in [-0.2, -0.15) is 0 Å². The fourth-order valence-corrected chi connectivity index (χ4v) is 3.47. The van der Waals surface area contributed by atoms with Crippen LogP contribution in [0.4, 0.5) is 0 Å². The van der Waals surface area contributed by atoms with Crippen molar-refractivity contribution in [1.29, 1.82) is 0 Å². The van der Waals surface area contributed by atoms with Gasteiger partial charge in [-0.3, -0.25) is 0 Å². The quantitative estimate of drug-likeness (QED) is 0.718. The summed E-state index contributed by atoms with van der Waals surface area (Å²) in [5.41, 5.74) is -0.660. The van der Waals surface area contributed by atoms with E-state index in [9.17, 15) is 14.4 Å². The predicted molar refractivity (Wildman–Crippen MR) is 80.0 cm³/mol. The van der Waals surface area contributed by atoms with Crippen molar-refractivity contribution >= 4 is 24.1 Å². The molecule has 1 unspecified atom stereocenters. The molecule has 1 aromatic carbocycles. The second-order valence-corrected chi connectivity index (χ2v) is 6.96. The van der Waals surface area contributed by atoms with E-state index in [1.807, 2.05) is 37.3 Å². The van der Waals surface area contributed by atoms with Crippen LogP contribution in [0.2, 0.25) is 0 Å². The third kappa shape index (κ3) is 4.55. The average molecular weight is 352 g/mol. The molecule has 0 spiro atoms. The number of nitrogens with zero attached hydrogens (tertiary/aromatic N) is 1. The third-order valence-electron chi connectivity index (χ3n) is 2.99. The van der Waals surface area contributed by atoms with Gasteiger partial charge in [0, 0.05) is 0 Å². The van der Waals surface area contributed by atoms with Gasteiger partial charge in [0.25, 0.3) is 0 Å². The van der Waals surface area contributed by atoms with Crippen molar-refractivity contribution in [2.45, 2.75) is 25.8 Å². The van der Waals surface area contributed by atoms with E-state index in [2.05, 4.69) is 4.42 Å². The van der Waals surface area contributed by atoms with Gasteiger partial charge in [-0.05, 0) is 0 Å². The Bertz CT molecular complexity index is 720. The molecule has 0 amide bonds. The summed E-state index contributed by atoms with van der Waals surface area (Å²) in [6, 6.07) is 10.7. The molecule has 21 heavy (non-hydrogen) atoms. The summed E-state index contributed by atoms with van der Waals surface area (Å²) < 4.78 is 7.07. The third-order valence-corrected chi connectivity index (χ3v) is 4.96.